The van der Waals surface area contributed by atoms with Gasteiger partial charge in [0.2, 0.25) is 15.9 Å². The van der Waals surface area contributed by atoms with E-state index in [9.17, 15) is 13.2 Å². The third-order valence-corrected chi connectivity index (χ3v) is 6.78. The maximum Gasteiger partial charge on any atom is 0.243 e. The van der Waals surface area contributed by atoms with Gasteiger partial charge in [0.1, 0.15) is 0 Å². The van der Waals surface area contributed by atoms with Crippen LogP contribution in [-0.4, -0.2) is 49.7 Å². The van der Waals surface area contributed by atoms with Gasteiger partial charge >= 0.3 is 0 Å². The molecule has 23 heavy (non-hydrogen) atoms. The number of nitrogens with zero attached hydrogens (tertiary/aromatic N) is 2. The Morgan fingerprint density at radius 3 is 2.22 bits per heavy atom. The van der Waals surface area contributed by atoms with Gasteiger partial charge in [-0.05, 0) is 17.5 Å². The first-order valence-electron chi connectivity index (χ1n) is 7.34. The lowest BCUT2D eigenvalue weighted by Crippen LogP contribution is -2.49. The van der Waals surface area contributed by atoms with Gasteiger partial charge in [-0.3, -0.25) is 4.79 Å². The number of hydrogen-bond acceptors (Lipinski definition) is 3. The molecule has 0 aliphatic carbocycles. The van der Waals surface area contributed by atoms with Gasteiger partial charge in [0.15, 0.2) is 0 Å². The normalized spacial score (nSPS) is 16.7. The zero-order valence-electron chi connectivity index (χ0n) is 12.7. The number of rotatable bonds is 2. The van der Waals surface area contributed by atoms with E-state index < -0.39 is 10.0 Å². The van der Waals surface area contributed by atoms with Crippen molar-refractivity contribution in [3.8, 4) is 0 Å². The molecule has 2 aromatic carbocycles. The topological polar surface area (TPSA) is 57.7 Å². The summed E-state index contributed by atoms with van der Waals surface area (Å²) < 4.78 is 28.3. The molecule has 1 fully saturated rings. The van der Waals surface area contributed by atoms with Crippen LogP contribution in [0.3, 0.4) is 0 Å². The van der Waals surface area contributed by atoms with E-state index >= 15 is 0 Å². The smallest absolute Gasteiger partial charge is 0.243 e. The number of amides is 1. The molecule has 0 N–H and O–H groups in total. The van der Waals surface area contributed by atoms with Gasteiger partial charge < -0.3 is 4.90 Å². The highest BCUT2D eigenvalue weighted by Gasteiger charge is 2.30. The van der Waals surface area contributed by atoms with E-state index in [1.54, 1.807) is 17.0 Å². The predicted octanol–water partition coefficient (Wildman–Crippen LogP) is 2.46. The SMILES string of the molecule is CC(=O)N1CCN(S(=O)(=O)c2ccc(Br)c3ccccc23)CC1. The molecule has 0 spiro atoms. The van der Waals surface area contributed by atoms with E-state index in [1.165, 1.54) is 11.2 Å². The summed E-state index contributed by atoms with van der Waals surface area (Å²) in [5, 5.41) is 1.58. The molecule has 1 heterocycles. The lowest BCUT2D eigenvalue weighted by atomic mass is 10.1. The Kier molecular flexibility index (Phi) is 4.44. The van der Waals surface area contributed by atoms with E-state index in [0.717, 1.165) is 9.86 Å². The zero-order chi connectivity index (χ0) is 16.6. The number of fused-ring (bicyclic) bond motifs is 1. The van der Waals surface area contributed by atoms with Gasteiger partial charge in [-0.25, -0.2) is 8.42 Å². The molecule has 0 aromatic heterocycles. The monoisotopic (exact) mass is 396 g/mol. The van der Waals surface area contributed by atoms with Crippen LogP contribution in [0.4, 0.5) is 0 Å². The molecule has 1 saturated heterocycles. The van der Waals surface area contributed by atoms with E-state index in [1.807, 2.05) is 24.3 Å². The molecule has 1 aliphatic heterocycles. The fourth-order valence-corrected chi connectivity index (χ4v) is 4.94. The molecule has 0 atom stereocenters. The summed E-state index contributed by atoms with van der Waals surface area (Å²) in [6.45, 7) is 3.02. The van der Waals surface area contributed by atoms with Crippen molar-refractivity contribution >= 4 is 42.6 Å². The minimum atomic E-state index is -3.58. The fourth-order valence-electron chi connectivity index (χ4n) is 2.84. The van der Waals surface area contributed by atoms with Crippen LogP contribution in [0.5, 0.6) is 0 Å². The van der Waals surface area contributed by atoms with Crippen LogP contribution in [-0.2, 0) is 14.8 Å². The Morgan fingerprint density at radius 1 is 1.00 bits per heavy atom. The lowest BCUT2D eigenvalue weighted by Gasteiger charge is -2.33. The van der Waals surface area contributed by atoms with Gasteiger partial charge in [0.25, 0.3) is 0 Å². The maximum atomic E-state index is 13.0. The summed E-state index contributed by atoms with van der Waals surface area (Å²) >= 11 is 3.46. The van der Waals surface area contributed by atoms with Gasteiger partial charge in [0, 0.05) is 43.0 Å². The third kappa shape index (κ3) is 3.00. The third-order valence-electron chi connectivity index (χ3n) is 4.13. The molecule has 1 amide bonds. The Labute approximate surface area is 144 Å². The maximum absolute atomic E-state index is 13.0. The number of hydrogen-bond donors (Lipinski definition) is 0. The quantitative estimate of drug-likeness (QED) is 0.783. The second kappa shape index (κ2) is 6.22. The number of sulfonamides is 1. The van der Waals surface area contributed by atoms with Crippen LogP contribution in [0.2, 0.25) is 0 Å². The van der Waals surface area contributed by atoms with Gasteiger partial charge in [-0.15, -0.1) is 0 Å². The molecular formula is C16H17BrN2O3S. The number of carbonyl (C=O) groups excluding carboxylic acids is 1. The average Bonchev–Trinajstić information content (AvgIpc) is 2.55. The lowest BCUT2D eigenvalue weighted by molar-refractivity contribution is -0.129. The highest BCUT2D eigenvalue weighted by molar-refractivity contribution is 9.10. The second-order valence-electron chi connectivity index (χ2n) is 5.50. The summed E-state index contributed by atoms with van der Waals surface area (Å²) in [5.41, 5.74) is 0. The predicted molar refractivity (Wildman–Crippen MR) is 92.7 cm³/mol. The van der Waals surface area contributed by atoms with Crippen molar-refractivity contribution in [2.45, 2.75) is 11.8 Å². The number of benzene rings is 2. The van der Waals surface area contributed by atoms with E-state index in [-0.39, 0.29) is 5.91 Å². The van der Waals surface area contributed by atoms with E-state index in [4.69, 9.17) is 0 Å². The van der Waals surface area contributed by atoms with Gasteiger partial charge in [-0.1, -0.05) is 40.2 Å². The Bertz CT molecular complexity index is 859. The van der Waals surface area contributed by atoms with Crippen molar-refractivity contribution in [3.63, 3.8) is 0 Å². The number of piperazine rings is 1. The molecule has 0 bridgehead atoms. The molecule has 0 radical (unpaired) electrons. The van der Waals surface area contributed by atoms with Gasteiger partial charge in [-0.2, -0.15) is 4.31 Å². The first-order chi connectivity index (χ1) is 10.9. The fraction of sp³-hybridized carbons (Fsp3) is 0.312. The van der Waals surface area contributed by atoms with Crippen molar-refractivity contribution in [2.24, 2.45) is 0 Å². The van der Waals surface area contributed by atoms with Crippen LogP contribution in [0.25, 0.3) is 10.8 Å². The van der Waals surface area contributed by atoms with E-state index in [2.05, 4.69) is 15.9 Å². The summed E-state index contributed by atoms with van der Waals surface area (Å²) in [5.74, 6) is -0.0175. The summed E-state index contributed by atoms with van der Waals surface area (Å²) in [7, 11) is -3.58. The molecular weight excluding hydrogens is 380 g/mol. The van der Waals surface area contributed by atoms with Crippen LogP contribution in [0.15, 0.2) is 45.8 Å². The first kappa shape index (κ1) is 16.4. The molecule has 0 unspecified atom stereocenters. The average molecular weight is 397 g/mol. The van der Waals surface area contributed by atoms with Crippen molar-refractivity contribution < 1.29 is 13.2 Å². The van der Waals surface area contributed by atoms with Crippen LogP contribution in [0, 0.1) is 0 Å². The van der Waals surface area contributed by atoms with Crippen molar-refractivity contribution in [1.29, 1.82) is 0 Å². The summed E-state index contributed by atoms with van der Waals surface area (Å²) in [6.07, 6.45) is 0. The van der Waals surface area contributed by atoms with Gasteiger partial charge in [0.05, 0.1) is 4.90 Å². The molecule has 7 heteroatoms. The van der Waals surface area contributed by atoms with Crippen LogP contribution >= 0.6 is 15.9 Å². The van der Waals surface area contributed by atoms with Crippen LogP contribution < -0.4 is 0 Å². The first-order valence-corrected chi connectivity index (χ1v) is 9.57. The highest BCUT2D eigenvalue weighted by atomic mass is 79.9. The largest absolute Gasteiger partial charge is 0.340 e. The Balaban J connectivity index is 1.98. The summed E-state index contributed by atoms with van der Waals surface area (Å²) in [4.78, 5) is 13.4. The Hall–Kier alpha value is -1.44. The Morgan fingerprint density at radius 2 is 1.61 bits per heavy atom. The molecule has 1 aliphatic rings. The minimum Gasteiger partial charge on any atom is -0.340 e. The molecule has 122 valence electrons. The van der Waals surface area contributed by atoms with Crippen molar-refractivity contribution in [3.05, 3.63) is 40.9 Å². The highest BCUT2D eigenvalue weighted by Crippen LogP contribution is 2.31. The standard InChI is InChI=1S/C16H17BrN2O3S/c1-12(20)18-8-10-19(11-9-18)23(21,22)16-7-6-15(17)13-4-2-3-5-14(13)16/h2-7H,8-11H2,1H3. The minimum absolute atomic E-state index is 0.0175. The van der Waals surface area contributed by atoms with Crippen molar-refractivity contribution in [1.82, 2.24) is 9.21 Å². The molecule has 3 rings (SSSR count). The molecule has 0 saturated carbocycles. The van der Waals surface area contributed by atoms with Crippen LogP contribution in [0.1, 0.15) is 6.92 Å². The second-order valence-corrected chi connectivity index (χ2v) is 8.26. The zero-order valence-corrected chi connectivity index (χ0v) is 15.1. The number of carbonyl (C=O) groups is 1. The molecule has 5 nitrogen and oxygen atoms in total. The number of halogens is 1. The van der Waals surface area contributed by atoms with E-state index in [0.29, 0.717) is 36.5 Å². The molecule has 2 aromatic rings. The summed E-state index contributed by atoms with van der Waals surface area (Å²) in [6, 6.07) is 10.8. The van der Waals surface area contributed by atoms with Crippen molar-refractivity contribution in [2.75, 3.05) is 26.2 Å².